The monoisotopic (exact) mass is 400 g/mol. The zero-order chi connectivity index (χ0) is 21.4. The van der Waals surface area contributed by atoms with Crippen molar-refractivity contribution >= 4 is 16.3 Å². The molecule has 1 aliphatic carbocycles. The molecule has 2 aromatic rings. The quantitative estimate of drug-likeness (QED) is 0.285. The van der Waals surface area contributed by atoms with Crippen molar-refractivity contribution in [3.63, 3.8) is 0 Å². The average molecular weight is 400 g/mol. The minimum Gasteiger partial charge on any atom is -0.458 e. The number of hydrogen-bond donors (Lipinski definition) is 0. The van der Waals surface area contributed by atoms with Crippen molar-refractivity contribution in [2.45, 2.75) is 44.3 Å². The lowest BCUT2D eigenvalue weighted by Crippen LogP contribution is -2.47. The summed E-state index contributed by atoms with van der Waals surface area (Å²) in [6, 6.07) is 7.36. The van der Waals surface area contributed by atoms with Crippen LogP contribution in [0.1, 0.15) is 37.4 Å². The lowest BCUT2D eigenvalue weighted by atomic mass is 9.99. The number of hydrogen-bond acceptors (Lipinski definition) is 1. The van der Waals surface area contributed by atoms with Crippen molar-refractivity contribution in [1.29, 1.82) is 0 Å². The number of aromatic nitrogens is 1. The molecule has 0 bridgehead atoms. The molecule has 29 heavy (non-hydrogen) atoms. The maximum Gasteiger partial charge on any atom is 0.389 e. The number of benzene rings is 1. The largest absolute Gasteiger partial charge is 0.458 e. The SMILES string of the molecule is C=CC(=C)OC(=C)C(=C)c1c2ccc(CCC(F)(F)F)cc2cc[n+]1C1(C)CC1. The maximum atomic E-state index is 12.6. The van der Waals surface area contributed by atoms with E-state index in [2.05, 4.69) is 37.8 Å². The summed E-state index contributed by atoms with van der Waals surface area (Å²) in [5.41, 5.74) is 2.09. The van der Waals surface area contributed by atoms with Crippen molar-refractivity contribution in [2.75, 3.05) is 0 Å². The third-order valence-corrected chi connectivity index (χ3v) is 5.37. The van der Waals surface area contributed by atoms with Crippen LogP contribution in [0.15, 0.2) is 74.4 Å². The van der Waals surface area contributed by atoms with Crippen LogP contribution in [-0.2, 0) is 16.7 Å². The van der Waals surface area contributed by atoms with Crippen molar-refractivity contribution in [3.05, 3.63) is 85.6 Å². The maximum absolute atomic E-state index is 12.6. The molecule has 152 valence electrons. The first-order valence-electron chi connectivity index (χ1n) is 9.46. The Bertz CT molecular complexity index is 1010. The Kier molecular flexibility index (Phi) is 5.44. The third kappa shape index (κ3) is 4.61. The Morgan fingerprint density at radius 2 is 1.90 bits per heavy atom. The summed E-state index contributed by atoms with van der Waals surface area (Å²) < 4.78 is 45.5. The standard InChI is InChI=1S/C24H25F3NO/c1-6-16(2)29-18(4)17(3)22-21-8-7-19(9-11-24(25,26)27)15-20(21)10-14-28(22)23(5)12-13-23/h6-8,10,14-15H,1-4,9,11-13H2,5H3/q+1. The summed E-state index contributed by atoms with van der Waals surface area (Å²) in [4.78, 5) is 0. The van der Waals surface area contributed by atoms with E-state index < -0.39 is 12.6 Å². The van der Waals surface area contributed by atoms with Crippen molar-refractivity contribution in [2.24, 2.45) is 0 Å². The topological polar surface area (TPSA) is 13.1 Å². The van der Waals surface area contributed by atoms with Gasteiger partial charge in [-0.25, -0.2) is 0 Å². The number of fused-ring (bicyclic) bond motifs is 1. The van der Waals surface area contributed by atoms with E-state index in [-0.39, 0.29) is 12.0 Å². The van der Waals surface area contributed by atoms with Gasteiger partial charge in [-0.15, -0.1) is 0 Å². The van der Waals surface area contributed by atoms with Crippen LogP contribution in [0.4, 0.5) is 13.2 Å². The highest BCUT2D eigenvalue weighted by molar-refractivity contribution is 5.93. The Hall–Kier alpha value is -2.82. The van der Waals surface area contributed by atoms with Gasteiger partial charge in [0.2, 0.25) is 5.69 Å². The minimum absolute atomic E-state index is 0.0167. The first-order chi connectivity index (χ1) is 13.5. The van der Waals surface area contributed by atoms with Gasteiger partial charge in [-0.3, -0.25) is 0 Å². The van der Waals surface area contributed by atoms with Gasteiger partial charge in [0.15, 0.2) is 11.7 Å². The van der Waals surface area contributed by atoms with Gasteiger partial charge in [-0.05, 0) is 29.5 Å². The molecule has 1 saturated carbocycles. The second-order valence-electron chi connectivity index (χ2n) is 7.74. The zero-order valence-electron chi connectivity index (χ0n) is 16.6. The van der Waals surface area contributed by atoms with Crippen LogP contribution in [-0.4, -0.2) is 6.18 Å². The van der Waals surface area contributed by atoms with Crippen LogP contribution in [0.2, 0.25) is 0 Å². The Labute approximate surface area is 169 Å². The van der Waals surface area contributed by atoms with Gasteiger partial charge >= 0.3 is 6.18 Å². The van der Waals surface area contributed by atoms with Gasteiger partial charge in [0.1, 0.15) is 11.5 Å². The molecule has 3 rings (SSSR count). The van der Waals surface area contributed by atoms with E-state index >= 15 is 0 Å². The fourth-order valence-corrected chi connectivity index (χ4v) is 3.34. The van der Waals surface area contributed by atoms with Crippen molar-refractivity contribution in [1.82, 2.24) is 0 Å². The molecule has 1 aliphatic rings. The van der Waals surface area contributed by atoms with Gasteiger partial charge in [0.25, 0.3) is 0 Å². The molecular weight excluding hydrogens is 375 g/mol. The van der Waals surface area contributed by atoms with Crippen molar-refractivity contribution < 1.29 is 22.5 Å². The lowest BCUT2D eigenvalue weighted by Gasteiger charge is -2.16. The fourth-order valence-electron chi connectivity index (χ4n) is 3.34. The van der Waals surface area contributed by atoms with Crippen LogP contribution >= 0.6 is 0 Å². The van der Waals surface area contributed by atoms with E-state index in [1.807, 2.05) is 24.4 Å². The predicted molar refractivity (Wildman–Crippen MR) is 110 cm³/mol. The molecule has 1 aromatic heterocycles. The van der Waals surface area contributed by atoms with Crippen LogP contribution in [0, 0.1) is 0 Å². The highest BCUT2D eigenvalue weighted by Crippen LogP contribution is 2.40. The van der Waals surface area contributed by atoms with Crippen LogP contribution < -0.4 is 4.57 Å². The molecule has 0 radical (unpaired) electrons. The van der Waals surface area contributed by atoms with Gasteiger partial charge in [0, 0.05) is 32.3 Å². The van der Waals surface area contributed by atoms with Gasteiger partial charge in [0.05, 0.1) is 11.0 Å². The molecule has 0 unspecified atom stereocenters. The molecule has 0 spiro atoms. The zero-order valence-corrected chi connectivity index (χ0v) is 16.6. The highest BCUT2D eigenvalue weighted by atomic mass is 19.4. The van der Waals surface area contributed by atoms with Gasteiger partial charge in [-0.1, -0.05) is 38.4 Å². The molecule has 0 N–H and O–H groups in total. The molecule has 0 aliphatic heterocycles. The molecular formula is C24H25F3NO+. The first kappa shape index (κ1) is 20.9. The number of pyridine rings is 1. The number of allylic oxidation sites excluding steroid dienone is 2. The number of aryl methyl sites for hydroxylation is 1. The van der Waals surface area contributed by atoms with Gasteiger partial charge in [-0.2, -0.15) is 17.7 Å². The highest BCUT2D eigenvalue weighted by Gasteiger charge is 2.49. The molecule has 5 heteroatoms. The molecule has 1 aromatic carbocycles. The molecule has 0 amide bonds. The molecule has 2 nitrogen and oxygen atoms in total. The number of halogens is 3. The van der Waals surface area contributed by atoms with E-state index in [1.54, 1.807) is 6.07 Å². The lowest BCUT2D eigenvalue weighted by molar-refractivity contribution is -0.736. The fraction of sp³-hybridized carbons (Fsp3) is 0.292. The second kappa shape index (κ2) is 7.54. The Balaban J connectivity index is 2.04. The average Bonchev–Trinajstić information content (AvgIpc) is 3.42. The first-order valence-corrected chi connectivity index (χ1v) is 9.46. The number of nitrogens with zero attached hydrogens (tertiary/aromatic N) is 1. The second-order valence-corrected chi connectivity index (χ2v) is 7.74. The molecule has 1 fully saturated rings. The van der Waals surface area contributed by atoms with Crippen molar-refractivity contribution in [3.8, 4) is 0 Å². The summed E-state index contributed by atoms with van der Waals surface area (Å²) in [7, 11) is 0. The summed E-state index contributed by atoms with van der Waals surface area (Å²) in [5, 5.41) is 1.76. The number of ether oxygens (including phenoxy) is 1. The smallest absolute Gasteiger partial charge is 0.389 e. The molecule has 1 heterocycles. The van der Waals surface area contributed by atoms with Crippen LogP contribution in [0.3, 0.4) is 0 Å². The van der Waals surface area contributed by atoms with E-state index in [0.717, 1.165) is 29.3 Å². The summed E-state index contributed by atoms with van der Waals surface area (Å²) in [6.45, 7) is 17.7. The summed E-state index contributed by atoms with van der Waals surface area (Å²) in [5.74, 6) is 0.733. The summed E-state index contributed by atoms with van der Waals surface area (Å²) >= 11 is 0. The number of alkyl halides is 3. The van der Waals surface area contributed by atoms with E-state index in [1.165, 1.54) is 6.08 Å². The molecule has 0 atom stereocenters. The third-order valence-electron chi connectivity index (χ3n) is 5.37. The Morgan fingerprint density at radius 1 is 1.21 bits per heavy atom. The van der Waals surface area contributed by atoms with E-state index in [9.17, 15) is 13.2 Å². The van der Waals surface area contributed by atoms with Crippen LogP contribution in [0.5, 0.6) is 0 Å². The number of rotatable bonds is 8. The minimum atomic E-state index is -4.17. The molecule has 0 saturated heterocycles. The van der Waals surface area contributed by atoms with Gasteiger partial charge < -0.3 is 4.74 Å². The summed E-state index contributed by atoms with van der Waals surface area (Å²) in [6.07, 6.45) is 0.495. The normalized spacial score (nSPS) is 15.0. The van der Waals surface area contributed by atoms with E-state index in [4.69, 9.17) is 4.74 Å². The Morgan fingerprint density at radius 3 is 2.48 bits per heavy atom. The van der Waals surface area contributed by atoms with E-state index in [0.29, 0.717) is 22.7 Å². The predicted octanol–water partition coefficient (Wildman–Crippen LogP) is 6.37. The van der Waals surface area contributed by atoms with Crippen LogP contribution in [0.25, 0.3) is 16.3 Å².